The van der Waals surface area contributed by atoms with Gasteiger partial charge in [-0.3, -0.25) is 0 Å². The van der Waals surface area contributed by atoms with Crippen molar-refractivity contribution in [2.24, 2.45) is 0 Å². The summed E-state index contributed by atoms with van der Waals surface area (Å²) in [5, 5.41) is 10.7. The Morgan fingerprint density at radius 2 is 1.75 bits per heavy atom. The molecule has 106 valence electrons. The number of methoxy groups -OCH3 is 2. The summed E-state index contributed by atoms with van der Waals surface area (Å²) in [6.07, 6.45) is -0.766. The van der Waals surface area contributed by atoms with E-state index < -0.39 is 6.10 Å². The Bertz CT molecular complexity index is 611. The van der Waals surface area contributed by atoms with Crippen molar-refractivity contribution in [3.05, 3.63) is 57.6 Å². The van der Waals surface area contributed by atoms with Crippen molar-refractivity contribution < 1.29 is 14.6 Å². The SMILES string of the molecule is COc1ccc(OC)c(C(O)c2cc(Br)ccc2C)c1. The first-order valence-electron chi connectivity index (χ1n) is 6.23. The van der Waals surface area contributed by atoms with E-state index in [0.717, 1.165) is 15.6 Å². The summed E-state index contributed by atoms with van der Waals surface area (Å²) in [7, 11) is 3.19. The van der Waals surface area contributed by atoms with Crippen molar-refractivity contribution in [1.82, 2.24) is 0 Å². The number of ether oxygens (including phenoxy) is 2. The molecule has 0 aliphatic rings. The summed E-state index contributed by atoms with van der Waals surface area (Å²) in [6, 6.07) is 11.2. The predicted molar refractivity (Wildman–Crippen MR) is 82.5 cm³/mol. The van der Waals surface area contributed by atoms with Crippen LogP contribution in [0.4, 0.5) is 0 Å². The predicted octanol–water partition coefficient (Wildman–Crippen LogP) is 3.86. The second-order valence-electron chi connectivity index (χ2n) is 4.51. The van der Waals surface area contributed by atoms with Crippen LogP contribution < -0.4 is 9.47 Å². The van der Waals surface area contributed by atoms with Crippen LogP contribution in [0, 0.1) is 6.92 Å². The molecule has 0 saturated carbocycles. The number of aryl methyl sites for hydroxylation is 1. The molecule has 0 saturated heterocycles. The molecule has 4 heteroatoms. The summed E-state index contributed by atoms with van der Waals surface area (Å²) < 4.78 is 11.5. The van der Waals surface area contributed by atoms with E-state index in [1.165, 1.54) is 0 Å². The standard InChI is InChI=1S/C16H17BrO3/c1-10-4-5-11(17)8-13(10)16(18)14-9-12(19-2)6-7-15(14)20-3/h4-9,16,18H,1-3H3. The van der Waals surface area contributed by atoms with E-state index in [1.54, 1.807) is 26.4 Å². The van der Waals surface area contributed by atoms with Crippen LogP contribution >= 0.6 is 15.9 Å². The van der Waals surface area contributed by atoms with Gasteiger partial charge in [0.1, 0.15) is 17.6 Å². The van der Waals surface area contributed by atoms with Gasteiger partial charge in [0.2, 0.25) is 0 Å². The van der Waals surface area contributed by atoms with Crippen LogP contribution in [0.2, 0.25) is 0 Å². The zero-order valence-corrected chi connectivity index (χ0v) is 13.3. The van der Waals surface area contributed by atoms with Gasteiger partial charge in [0, 0.05) is 10.0 Å². The maximum atomic E-state index is 10.7. The summed E-state index contributed by atoms with van der Waals surface area (Å²) in [5.41, 5.74) is 2.55. The lowest BCUT2D eigenvalue weighted by atomic mass is 9.96. The summed E-state index contributed by atoms with van der Waals surface area (Å²) in [4.78, 5) is 0. The van der Waals surface area contributed by atoms with E-state index in [1.807, 2.05) is 31.2 Å². The number of aliphatic hydroxyl groups excluding tert-OH is 1. The zero-order chi connectivity index (χ0) is 14.7. The Hall–Kier alpha value is -1.52. The van der Waals surface area contributed by atoms with Crippen LogP contribution in [-0.4, -0.2) is 19.3 Å². The summed E-state index contributed by atoms with van der Waals surface area (Å²) >= 11 is 3.43. The first kappa shape index (κ1) is 14.9. The fourth-order valence-electron chi connectivity index (χ4n) is 2.13. The third kappa shape index (κ3) is 2.97. The Morgan fingerprint density at radius 1 is 1.00 bits per heavy atom. The minimum absolute atomic E-state index is 0.637. The van der Waals surface area contributed by atoms with Crippen molar-refractivity contribution in [3.8, 4) is 11.5 Å². The van der Waals surface area contributed by atoms with Gasteiger partial charge in [-0.15, -0.1) is 0 Å². The third-order valence-corrected chi connectivity index (χ3v) is 3.76. The molecule has 0 aromatic heterocycles. The second kappa shape index (κ2) is 6.29. The highest BCUT2D eigenvalue weighted by Gasteiger charge is 2.18. The molecular weight excluding hydrogens is 320 g/mol. The molecule has 0 heterocycles. The molecule has 20 heavy (non-hydrogen) atoms. The first-order valence-corrected chi connectivity index (χ1v) is 7.02. The summed E-state index contributed by atoms with van der Waals surface area (Å²) in [5.74, 6) is 1.32. The van der Waals surface area contributed by atoms with Gasteiger partial charge in [0.25, 0.3) is 0 Å². The van der Waals surface area contributed by atoms with E-state index in [2.05, 4.69) is 15.9 Å². The molecule has 0 aliphatic carbocycles. The number of hydrogen-bond acceptors (Lipinski definition) is 3. The van der Waals surface area contributed by atoms with E-state index in [9.17, 15) is 5.11 Å². The van der Waals surface area contributed by atoms with Gasteiger partial charge in [-0.2, -0.15) is 0 Å². The van der Waals surface area contributed by atoms with Crippen LogP contribution in [0.1, 0.15) is 22.8 Å². The smallest absolute Gasteiger partial charge is 0.125 e. The molecular formula is C16H17BrO3. The maximum absolute atomic E-state index is 10.7. The fraction of sp³-hybridized carbons (Fsp3) is 0.250. The Balaban J connectivity index is 2.51. The van der Waals surface area contributed by atoms with E-state index in [4.69, 9.17) is 9.47 Å². The number of hydrogen-bond donors (Lipinski definition) is 1. The minimum atomic E-state index is -0.766. The highest BCUT2D eigenvalue weighted by molar-refractivity contribution is 9.10. The van der Waals surface area contributed by atoms with Gasteiger partial charge in [0.05, 0.1) is 14.2 Å². The monoisotopic (exact) mass is 336 g/mol. The number of benzene rings is 2. The van der Waals surface area contributed by atoms with E-state index in [-0.39, 0.29) is 0 Å². The normalized spacial score (nSPS) is 12.1. The largest absolute Gasteiger partial charge is 0.497 e. The first-order chi connectivity index (χ1) is 9.56. The topological polar surface area (TPSA) is 38.7 Å². The van der Waals surface area contributed by atoms with Crippen LogP contribution in [0.15, 0.2) is 40.9 Å². The molecule has 2 aromatic carbocycles. The van der Waals surface area contributed by atoms with Gasteiger partial charge in [-0.1, -0.05) is 22.0 Å². The molecule has 0 aliphatic heterocycles. The average Bonchev–Trinajstić information content (AvgIpc) is 2.48. The lowest BCUT2D eigenvalue weighted by Crippen LogP contribution is -2.05. The van der Waals surface area contributed by atoms with Crippen LogP contribution in [0.3, 0.4) is 0 Å². The lowest BCUT2D eigenvalue weighted by molar-refractivity contribution is 0.213. The summed E-state index contributed by atoms with van der Waals surface area (Å²) in [6.45, 7) is 1.97. The Morgan fingerprint density at radius 3 is 2.40 bits per heavy atom. The van der Waals surface area contributed by atoms with E-state index in [0.29, 0.717) is 17.1 Å². The Kier molecular flexibility index (Phi) is 4.68. The van der Waals surface area contributed by atoms with Crippen LogP contribution in [0.25, 0.3) is 0 Å². The quantitative estimate of drug-likeness (QED) is 0.921. The van der Waals surface area contributed by atoms with Crippen molar-refractivity contribution in [2.45, 2.75) is 13.0 Å². The van der Waals surface area contributed by atoms with Crippen molar-refractivity contribution in [3.63, 3.8) is 0 Å². The molecule has 3 nitrogen and oxygen atoms in total. The van der Waals surface area contributed by atoms with Gasteiger partial charge in [-0.25, -0.2) is 0 Å². The van der Waals surface area contributed by atoms with Gasteiger partial charge in [0.15, 0.2) is 0 Å². The maximum Gasteiger partial charge on any atom is 0.125 e. The van der Waals surface area contributed by atoms with Crippen molar-refractivity contribution in [1.29, 1.82) is 0 Å². The fourth-order valence-corrected chi connectivity index (χ4v) is 2.51. The number of halogens is 1. The molecule has 1 N–H and O–H groups in total. The molecule has 0 fully saturated rings. The lowest BCUT2D eigenvalue weighted by Gasteiger charge is -2.18. The molecule has 0 amide bonds. The van der Waals surface area contributed by atoms with Gasteiger partial charge < -0.3 is 14.6 Å². The van der Waals surface area contributed by atoms with Crippen LogP contribution in [-0.2, 0) is 0 Å². The Labute approximate surface area is 127 Å². The molecule has 0 radical (unpaired) electrons. The molecule has 1 unspecified atom stereocenters. The highest BCUT2D eigenvalue weighted by atomic mass is 79.9. The molecule has 0 bridgehead atoms. The van der Waals surface area contributed by atoms with Crippen molar-refractivity contribution in [2.75, 3.05) is 14.2 Å². The van der Waals surface area contributed by atoms with Crippen LogP contribution in [0.5, 0.6) is 11.5 Å². The molecule has 2 aromatic rings. The molecule has 1 atom stereocenters. The third-order valence-electron chi connectivity index (χ3n) is 3.27. The average molecular weight is 337 g/mol. The number of aliphatic hydroxyl groups is 1. The van der Waals surface area contributed by atoms with E-state index >= 15 is 0 Å². The zero-order valence-electron chi connectivity index (χ0n) is 11.7. The number of rotatable bonds is 4. The highest BCUT2D eigenvalue weighted by Crippen LogP contribution is 2.35. The van der Waals surface area contributed by atoms with Gasteiger partial charge in [-0.05, 0) is 48.4 Å². The second-order valence-corrected chi connectivity index (χ2v) is 5.43. The molecule has 0 spiro atoms. The van der Waals surface area contributed by atoms with Crippen molar-refractivity contribution >= 4 is 15.9 Å². The minimum Gasteiger partial charge on any atom is -0.497 e. The van der Waals surface area contributed by atoms with Gasteiger partial charge >= 0.3 is 0 Å². The molecule has 2 rings (SSSR count).